The second-order valence-corrected chi connectivity index (χ2v) is 7.30. The van der Waals surface area contributed by atoms with Crippen molar-refractivity contribution in [2.24, 2.45) is 0 Å². The molecule has 3 aromatic rings. The molecule has 0 amide bonds. The number of benzene rings is 2. The van der Waals surface area contributed by atoms with E-state index in [0.29, 0.717) is 12.6 Å². The Hall–Kier alpha value is -2.37. The molecule has 2 aromatic carbocycles. The summed E-state index contributed by atoms with van der Waals surface area (Å²) in [6, 6.07) is 16.7. The summed E-state index contributed by atoms with van der Waals surface area (Å²) >= 11 is 1.73. The van der Waals surface area contributed by atoms with Crippen LogP contribution in [0.15, 0.2) is 53.9 Å². The number of thiazole rings is 1. The highest BCUT2D eigenvalue weighted by molar-refractivity contribution is 7.09. The second-order valence-electron chi connectivity index (χ2n) is 6.36. The Morgan fingerprint density at radius 2 is 2.08 bits per heavy atom. The van der Waals surface area contributed by atoms with Crippen molar-refractivity contribution >= 4 is 11.3 Å². The van der Waals surface area contributed by atoms with Gasteiger partial charge in [-0.15, -0.1) is 11.3 Å². The minimum atomic E-state index is 0.322. The van der Waals surface area contributed by atoms with Gasteiger partial charge < -0.3 is 14.8 Å². The number of fused-ring (bicyclic) bond motifs is 1. The van der Waals surface area contributed by atoms with Gasteiger partial charge in [-0.1, -0.05) is 42.5 Å². The van der Waals surface area contributed by atoms with E-state index in [1.54, 1.807) is 18.4 Å². The van der Waals surface area contributed by atoms with E-state index in [0.717, 1.165) is 41.6 Å². The van der Waals surface area contributed by atoms with Crippen LogP contribution in [0.2, 0.25) is 0 Å². The predicted octanol–water partition coefficient (Wildman–Crippen LogP) is 3.95. The molecule has 4 rings (SSSR count). The van der Waals surface area contributed by atoms with Gasteiger partial charge in [0.05, 0.1) is 17.8 Å². The predicted molar refractivity (Wildman–Crippen MR) is 105 cm³/mol. The molecule has 5 heteroatoms. The van der Waals surface area contributed by atoms with Crippen LogP contribution in [0, 0.1) is 0 Å². The summed E-state index contributed by atoms with van der Waals surface area (Å²) in [5, 5.41) is 6.90. The quantitative estimate of drug-likeness (QED) is 0.717. The highest BCUT2D eigenvalue weighted by Gasteiger charge is 2.22. The molecule has 4 nitrogen and oxygen atoms in total. The van der Waals surface area contributed by atoms with E-state index in [-0.39, 0.29) is 0 Å². The monoisotopic (exact) mass is 366 g/mol. The molecule has 0 radical (unpaired) electrons. The number of methoxy groups -OCH3 is 1. The molecule has 26 heavy (non-hydrogen) atoms. The zero-order chi connectivity index (χ0) is 17.8. The minimum absolute atomic E-state index is 0.322. The van der Waals surface area contributed by atoms with Gasteiger partial charge in [-0.05, 0) is 18.1 Å². The highest BCUT2D eigenvalue weighted by atomic mass is 32.1. The van der Waals surface area contributed by atoms with E-state index in [2.05, 4.69) is 28.9 Å². The first kappa shape index (κ1) is 17.1. The van der Waals surface area contributed by atoms with Gasteiger partial charge in [0.1, 0.15) is 6.61 Å². The van der Waals surface area contributed by atoms with Crippen LogP contribution in [-0.2, 0) is 12.8 Å². The molecule has 0 unspecified atom stereocenters. The summed E-state index contributed by atoms with van der Waals surface area (Å²) in [4.78, 5) is 4.75. The summed E-state index contributed by atoms with van der Waals surface area (Å²) in [6.07, 6.45) is 1.89. The van der Waals surface area contributed by atoms with Gasteiger partial charge >= 0.3 is 0 Å². The summed E-state index contributed by atoms with van der Waals surface area (Å²) in [7, 11) is 1.68. The van der Waals surface area contributed by atoms with Crippen molar-refractivity contribution in [1.29, 1.82) is 0 Å². The first-order chi connectivity index (χ1) is 12.8. The van der Waals surface area contributed by atoms with Crippen molar-refractivity contribution < 1.29 is 9.47 Å². The third-order valence-electron chi connectivity index (χ3n) is 4.57. The lowest BCUT2D eigenvalue weighted by atomic mass is 10.0. The largest absolute Gasteiger partial charge is 0.493 e. The maximum atomic E-state index is 5.92. The first-order valence-electron chi connectivity index (χ1n) is 8.85. The number of para-hydroxylation sites is 1. The van der Waals surface area contributed by atoms with Gasteiger partial charge in [0.25, 0.3) is 0 Å². The summed E-state index contributed by atoms with van der Waals surface area (Å²) < 4.78 is 11.3. The summed E-state index contributed by atoms with van der Waals surface area (Å²) in [5.41, 5.74) is 3.44. The average Bonchev–Trinajstić information content (AvgIpc) is 3.17. The van der Waals surface area contributed by atoms with Gasteiger partial charge in [-0.2, -0.15) is 0 Å². The fourth-order valence-electron chi connectivity index (χ4n) is 3.24. The Morgan fingerprint density at radius 3 is 2.92 bits per heavy atom. The number of nitrogens with zero attached hydrogens (tertiary/aromatic N) is 1. The van der Waals surface area contributed by atoms with Crippen LogP contribution in [0.25, 0.3) is 11.3 Å². The van der Waals surface area contributed by atoms with Crippen LogP contribution in [0.1, 0.15) is 10.6 Å². The summed E-state index contributed by atoms with van der Waals surface area (Å²) in [5.74, 6) is 1.71. The molecule has 1 aromatic heterocycles. The number of aromatic nitrogens is 1. The smallest absolute Gasteiger partial charge is 0.164 e. The molecular weight excluding hydrogens is 344 g/mol. The molecule has 0 saturated carbocycles. The molecule has 0 bridgehead atoms. The van der Waals surface area contributed by atoms with Crippen molar-refractivity contribution in [3.8, 4) is 22.8 Å². The topological polar surface area (TPSA) is 43.4 Å². The van der Waals surface area contributed by atoms with Gasteiger partial charge in [0.2, 0.25) is 0 Å². The van der Waals surface area contributed by atoms with Crippen LogP contribution >= 0.6 is 11.3 Å². The van der Waals surface area contributed by atoms with Crippen molar-refractivity contribution in [2.45, 2.75) is 18.9 Å². The molecule has 0 aliphatic carbocycles. The van der Waals surface area contributed by atoms with Crippen LogP contribution in [0.3, 0.4) is 0 Å². The van der Waals surface area contributed by atoms with Crippen LogP contribution < -0.4 is 14.8 Å². The maximum absolute atomic E-state index is 5.92. The van der Waals surface area contributed by atoms with Gasteiger partial charge in [0.15, 0.2) is 11.5 Å². The standard InChI is InChI=1S/C21H22N2O2S/c1-24-19-9-5-8-16-12-17(13-25-21(16)19)22-11-10-20-23-18(14-26-20)15-6-3-2-4-7-15/h2-9,14,17,22H,10-13H2,1H3/t17-/m1/s1. The average molecular weight is 366 g/mol. The van der Waals surface area contributed by atoms with Crippen LogP contribution in [0.5, 0.6) is 11.5 Å². The number of hydrogen-bond donors (Lipinski definition) is 1. The van der Waals surface area contributed by atoms with Gasteiger partial charge in [-0.25, -0.2) is 4.98 Å². The third-order valence-corrected chi connectivity index (χ3v) is 5.48. The molecule has 0 fully saturated rings. The van der Waals surface area contributed by atoms with E-state index >= 15 is 0 Å². The molecule has 1 aliphatic heterocycles. The molecule has 1 atom stereocenters. The van der Waals surface area contributed by atoms with E-state index < -0.39 is 0 Å². The fraction of sp³-hybridized carbons (Fsp3) is 0.286. The first-order valence-corrected chi connectivity index (χ1v) is 9.73. The lowest BCUT2D eigenvalue weighted by molar-refractivity contribution is 0.228. The van der Waals surface area contributed by atoms with E-state index in [1.807, 2.05) is 30.3 Å². The van der Waals surface area contributed by atoms with E-state index in [9.17, 15) is 0 Å². The highest BCUT2D eigenvalue weighted by Crippen LogP contribution is 2.34. The SMILES string of the molecule is COc1cccc2c1OC[C@H](NCCc1nc(-c3ccccc3)cs1)C2. The van der Waals surface area contributed by atoms with Gasteiger partial charge in [-0.3, -0.25) is 0 Å². The van der Waals surface area contributed by atoms with Crippen molar-refractivity contribution in [3.05, 3.63) is 64.5 Å². The Morgan fingerprint density at radius 1 is 1.19 bits per heavy atom. The Kier molecular flexibility index (Phi) is 5.18. The zero-order valence-corrected chi connectivity index (χ0v) is 15.6. The number of hydrogen-bond acceptors (Lipinski definition) is 5. The third kappa shape index (κ3) is 3.74. The normalized spacial score (nSPS) is 16.0. The van der Waals surface area contributed by atoms with Crippen molar-refractivity contribution in [1.82, 2.24) is 10.3 Å². The molecule has 134 valence electrons. The fourth-order valence-corrected chi connectivity index (χ4v) is 4.04. The van der Waals surface area contributed by atoms with E-state index in [4.69, 9.17) is 14.5 Å². The molecule has 1 N–H and O–H groups in total. The number of ether oxygens (including phenoxy) is 2. The summed E-state index contributed by atoms with van der Waals surface area (Å²) in [6.45, 7) is 1.57. The van der Waals surface area contributed by atoms with Crippen LogP contribution in [-0.4, -0.2) is 31.3 Å². The Balaban J connectivity index is 1.31. The lowest BCUT2D eigenvalue weighted by Crippen LogP contribution is -2.40. The minimum Gasteiger partial charge on any atom is -0.493 e. The maximum Gasteiger partial charge on any atom is 0.164 e. The zero-order valence-electron chi connectivity index (χ0n) is 14.8. The molecule has 0 spiro atoms. The Bertz CT molecular complexity index is 863. The van der Waals surface area contributed by atoms with Crippen molar-refractivity contribution in [2.75, 3.05) is 20.3 Å². The molecular formula is C21H22N2O2S. The molecule has 1 aliphatic rings. The second kappa shape index (κ2) is 7.89. The van der Waals surface area contributed by atoms with E-state index in [1.165, 1.54) is 11.1 Å². The number of rotatable bonds is 6. The Labute approximate surface area is 157 Å². The lowest BCUT2D eigenvalue weighted by Gasteiger charge is -2.27. The van der Waals surface area contributed by atoms with Crippen molar-refractivity contribution in [3.63, 3.8) is 0 Å². The molecule has 2 heterocycles. The number of nitrogens with one attached hydrogen (secondary N) is 1. The van der Waals surface area contributed by atoms with Gasteiger partial charge in [0, 0.05) is 30.0 Å². The molecule has 0 saturated heterocycles. The van der Waals surface area contributed by atoms with Crippen LogP contribution in [0.4, 0.5) is 0 Å².